The van der Waals surface area contributed by atoms with Crippen molar-refractivity contribution in [3.05, 3.63) is 63.7 Å². The average molecular weight is 427 g/mol. The number of hydrogen-bond acceptors (Lipinski definition) is 7. The normalized spacial score (nSPS) is 13.6. The Bertz CT molecular complexity index is 969. The monoisotopic (exact) mass is 427 g/mol. The van der Waals surface area contributed by atoms with Gasteiger partial charge in [-0.1, -0.05) is 12.1 Å². The highest BCUT2D eigenvalue weighted by Gasteiger charge is 2.27. The van der Waals surface area contributed by atoms with Gasteiger partial charge in [-0.15, -0.1) is 0 Å². The molecule has 9 heteroatoms. The number of rotatable bonds is 7. The predicted octanol–water partition coefficient (Wildman–Crippen LogP) is 2.81. The lowest BCUT2D eigenvalue weighted by atomic mass is 10.1. The van der Waals surface area contributed by atoms with Crippen molar-refractivity contribution in [1.29, 1.82) is 0 Å². The molecule has 0 aromatic heterocycles. The van der Waals surface area contributed by atoms with Crippen molar-refractivity contribution in [3.63, 3.8) is 0 Å². The molecular weight excluding hydrogens is 402 g/mol. The molecule has 1 fully saturated rings. The largest absolute Gasteiger partial charge is 0.484 e. The number of esters is 1. The summed E-state index contributed by atoms with van der Waals surface area (Å²) in [7, 11) is 0. The van der Waals surface area contributed by atoms with Crippen molar-refractivity contribution in [2.75, 3.05) is 44.3 Å². The summed E-state index contributed by atoms with van der Waals surface area (Å²) in [5.74, 6) is -0.0845. The molecule has 1 aliphatic rings. The molecule has 164 valence electrons. The lowest BCUT2D eigenvalue weighted by Crippen LogP contribution is -2.50. The van der Waals surface area contributed by atoms with Crippen LogP contribution < -0.4 is 9.64 Å². The molecule has 0 saturated carbocycles. The molecule has 0 bridgehead atoms. The maximum absolute atomic E-state index is 12.5. The van der Waals surface area contributed by atoms with Crippen LogP contribution in [0.2, 0.25) is 0 Å². The van der Waals surface area contributed by atoms with Crippen LogP contribution in [0.3, 0.4) is 0 Å². The molecule has 0 N–H and O–H groups in total. The maximum atomic E-state index is 12.5. The molecule has 2 aromatic carbocycles. The first-order valence-electron chi connectivity index (χ1n) is 10.1. The quantitative estimate of drug-likeness (QED) is 0.380. The van der Waals surface area contributed by atoms with Crippen molar-refractivity contribution >= 4 is 23.3 Å². The zero-order valence-corrected chi connectivity index (χ0v) is 17.6. The van der Waals surface area contributed by atoms with Gasteiger partial charge in [-0.2, -0.15) is 0 Å². The highest BCUT2D eigenvalue weighted by Crippen LogP contribution is 2.30. The second kappa shape index (κ2) is 9.92. The molecule has 1 aliphatic heterocycles. The van der Waals surface area contributed by atoms with Crippen molar-refractivity contribution in [2.24, 2.45) is 0 Å². The minimum Gasteiger partial charge on any atom is -0.484 e. The van der Waals surface area contributed by atoms with E-state index in [1.165, 1.54) is 12.1 Å². The minimum absolute atomic E-state index is 0.0577. The van der Waals surface area contributed by atoms with E-state index in [0.717, 1.165) is 5.56 Å². The first-order valence-corrected chi connectivity index (χ1v) is 10.1. The number of nitrogens with zero attached hydrogens (tertiary/aromatic N) is 3. The van der Waals surface area contributed by atoms with Crippen molar-refractivity contribution < 1.29 is 24.0 Å². The summed E-state index contributed by atoms with van der Waals surface area (Å²) in [6.45, 7) is 5.49. The zero-order chi connectivity index (χ0) is 22.4. The third kappa shape index (κ3) is 5.50. The Kier molecular flexibility index (Phi) is 7.07. The van der Waals surface area contributed by atoms with Crippen LogP contribution >= 0.6 is 0 Å². The lowest BCUT2D eigenvalue weighted by molar-refractivity contribution is -0.384. The number of ether oxygens (including phenoxy) is 2. The Hall–Kier alpha value is -3.62. The molecule has 1 heterocycles. The van der Waals surface area contributed by atoms with Gasteiger partial charge < -0.3 is 19.3 Å². The summed E-state index contributed by atoms with van der Waals surface area (Å²) in [6.07, 6.45) is 0. The number of carbonyl (C=O) groups excluding carboxylic acids is 2. The lowest BCUT2D eigenvalue weighted by Gasteiger charge is -2.35. The number of nitro benzene ring substituents is 1. The van der Waals surface area contributed by atoms with Gasteiger partial charge in [-0.05, 0) is 43.7 Å². The second-order valence-electron chi connectivity index (χ2n) is 7.15. The minimum atomic E-state index is -0.596. The molecule has 31 heavy (non-hydrogen) atoms. The van der Waals surface area contributed by atoms with Gasteiger partial charge in [0.15, 0.2) is 6.61 Å². The van der Waals surface area contributed by atoms with Crippen molar-refractivity contribution in [3.8, 4) is 5.75 Å². The maximum Gasteiger partial charge on any atom is 0.338 e. The van der Waals surface area contributed by atoms with Gasteiger partial charge in [0.1, 0.15) is 11.4 Å². The Morgan fingerprint density at radius 2 is 1.84 bits per heavy atom. The molecule has 0 radical (unpaired) electrons. The van der Waals surface area contributed by atoms with Gasteiger partial charge in [0.2, 0.25) is 0 Å². The molecule has 0 spiro atoms. The number of amides is 1. The van der Waals surface area contributed by atoms with E-state index in [-0.39, 0.29) is 30.4 Å². The van der Waals surface area contributed by atoms with Crippen LogP contribution in [0.1, 0.15) is 22.8 Å². The fourth-order valence-electron chi connectivity index (χ4n) is 3.42. The molecule has 9 nitrogen and oxygen atoms in total. The standard InChI is InChI=1S/C22H25N3O6/c1-3-30-22(27)17-7-8-19(20(14-17)25(28)29)23-9-11-24(12-10-23)21(26)15-31-18-6-4-5-16(2)13-18/h4-8,13-14H,3,9-12,15H2,1-2H3. The number of anilines is 1. The van der Waals surface area contributed by atoms with E-state index in [9.17, 15) is 19.7 Å². The molecular formula is C22H25N3O6. The summed E-state index contributed by atoms with van der Waals surface area (Å²) in [4.78, 5) is 39.0. The second-order valence-corrected chi connectivity index (χ2v) is 7.15. The predicted molar refractivity (Wildman–Crippen MR) is 115 cm³/mol. The molecule has 3 rings (SSSR count). The van der Waals surface area contributed by atoms with Crippen molar-refractivity contribution in [1.82, 2.24) is 4.90 Å². The van der Waals surface area contributed by atoms with Gasteiger partial charge in [0.05, 0.1) is 17.1 Å². The van der Waals surface area contributed by atoms with Crippen LogP contribution in [0.25, 0.3) is 0 Å². The van der Waals surface area contributed by atoms with E-state index in [2.05, 4.69) is 0 Å². The SMILES string of the molecule is CCOC(=O)c1ccc(N2CCN(C(=O)COc3cccc(C)c3)CC2)c([N+](=O)[O-])c1. The van der Waals surface area contributed by atoms with Gasteiger partial charge in [-0.3, -0.25) is 14.9 Å². The van der Waals surface area contributed by atoms with E-state index in [1.807, 2.05) is 30.0 Å². The topological polar surface area (TPSA) is 102 Å². The first-order chi connectivity index (χ1) is 14.9. The van der Waals surface area contributed by atoms with E-state index >= 15 is 0 Å². The third-order valence-corrected chi connectivity index (χ3v) is 5.01. The van der Waals surface area contributed by atoms with Crippen LogP contribution in [0.4, 0.5) is 11.4 Å². The fourth-order valence-corrected chi connectivity index (χ4v) is 3.42. The van der Waals surface area contributed by atoms with Gasteiger partial charge in [0.25, 0.3) is 11.6 Å². The highest BCUT2D eigenvalue weighted by atomic mass is 16.6. The number of hydrogen-bond donors (Lipinski definition) is 0. The third-order valence-electron chi connectivity index (χ3n) is 5.01. The molecule has 2 aromatic rings. The van der Waals surface area contributed by atoms with Gasteiger partial charge in [0, 0.05) is 32.2 Å². The number of aryl methyl sites for hydroxylation is 1. The average Bonchev–Trinajstić information content (AvgIpc) is 2.77. The van der Waals surface area contributed by atoms with Gasteiger partial charge >= 0.3 is 5.97 Å². The first kappa shape index (κ1) is 22.1. The number of carbonyl (C=O) groups is 2. The Morgan fingerprint density at radius 1 is 1.10 bits per heavy atom. The van der Waals surface area contributed by atoms with Crippen LogP contribution in [-0.2, 0) is 9.53 Å². The molecule has 0 atom stereocenters. The molecule has 0 aliphatic carbocycles. The van der Waals surface area contributed by atoms with Crippen LogP contribution in [0.15, 0.2) is 42.5 Å². The van der Waals surface area contributed by atoms with E-state index in [0.29, 0.717) is 37.6 Å². The van der Waals surface area contributed by atoms with Crippen molar-refractivity contribution in [2.45, 2.75) is 13.8 Å². The van der Waals surface area contributed by atoms with Gasteiger partial charge in [-0.25, -0.2) is 4.79 Å². The highest BCUT2D eigenvalue weighted by molar-refractivity contribution is 5.91. The Balaban J connectivity index is 1.61. The smallest absolute Gasteiger partial charge is 0.338 e. The van der Waals surface area contributed by atoms with Crippen LogP contribution in [-0.4, -0.2) is 61.1 Å². The van der Waals surface area contributed by atoms with Crippen LogP contribution in [0, 0.1) is 17.0 Å². The molecule has 1 amide bonds. The molecule has 1 saturated heterocycles. The summed E-state index contributed by atoms with van der Waals surface area (Å²) < 4.78 is 10.5. The summed E-state index contributed by atoms with van der Waals surface area (Å²) in [5, 5.41) is 11.6. The summed E-state index contributed by atoms with van der Waals surface area (Å²) in [5.41, 5.74) is 1.45. The number of benzene rings is 2. The summed E-state index contributed by atoms with van der Waals surface area (Å²) in [6, 6.07) is 11.8. The fraction of sp³-hybridized carbons (Fsp3) is 0.364. The van der Waals surface area contributed by atoms with E-state index < -0.39 is 10.9 Å². The van der Waals surface area contributed by atoms with E-state index in [1.54, 1.807) is 24.0 Å². The number of piperazine rings is 1. The number of nitro groups is 1. The van der Waals surface area contributed by atoms with Crippen LogP contribution in [0.5, 0.6) is 5.75 Å². The Morgan fingerprint density at radius 3 is 2.48 bits per heavy atom. The Labute approximate surface area is 180 Å². The summed E-state index contributed by atoms with van der Waals surface area (Å²) >= 11 is 0. The molecule has 0 unspecified atom stereocenters. The zero-order valence-electron chi connectivity index (χ0n) is 17.6. The van der Waals surface area contributed by atoms with E-state index in [4.69, 9.17) is 9.47 Å².